The molecule has 0 heterocycles. The highest BCUT2D eigenvalue weighted by molar-refractivity contribution is 5.85. The molecular formula is C9H18ClNO5. The maximum absolute atomic E-state index is 11.1. The Labute approximate surface area is 101 Å². The van der Waals surface area contributed by atoms with E-state index in [9.17, 15) is 9.59 Å². The Hall–Kier alpha value is -1.01. The molecule has 0 aliphatic heterocycles. The zero-order valence-corrected chi connectivity index (χ0v) is 10.6. The van der Waals surface area contributed by atoms with Gasteiger partial charge in [-0.1, -0.05) is 0 Å². The van der Waals surface area contributed by atoms with Crippen molar-refractivity contribution in [1.82, 2.24) is 0 Å². The number of esters is 1. The van der Waals surface area contributed by atoms with E-state index < -0.39 is 24.5 Å². The summed E-state index contributed by atoms with van der Waals surface area (Å²) in [5, 5.41) is 0. The molecule has 0 radical (unpaired) electrons. The number of halogens is 1. The summed E-state index contributed by atoms with van der Waals surface area (Å²) in [6, 6.07) is 0. The van der Waals surface area contributed by atoms with Crippen molar-refractivity contribution in [2.75, 3.05) is 6.79 Å². The van der Waals surface area contributed by atoms with Crippen LogP contribution in [0.5, 0.6) is 0 Å². The molecule has 0 atom stereocenters. The van der Waals surface area contributed by atoms with Gasteiger partial charge in [-0.05, 0) is 27.7 Å². The quantitative estimate of drug-likeness (QED) is 0.600. The van der Waals surface area contributed by atoms with Crippen LogP contribution in [0.25, 0.3) is 0 Å². The lowest BCUT2D eigenvalue weighted by molar-refractivity contribution is -0.158. The Balaban J connectivity index is 0. The minimum atomic E-state index is -1.11. The third-order valence-corrected chi connectivity index (χ3v) is 1.22. The van der Waals surface area contributed by atoms with Crippen molar-refractivity contribution in [3.05, 3.63) is 0 Å². The van der Waals surface area contributed by atoms with Crippen LogP contribution in [0.2, 0.25) is 0 Å². The third-order valence-electron chi connectivity index (χ3n) is 1.22. The van der Waals surface area contributed by atoms with Crippen molar-refractivity contribution >= 4 is 24.5 Å². The Kier molecular flexibility index (Phi) is 7.93. The van der Waals surface area contributed by atoms with Crippen molar-refractivity contribution in [2.24, 2.45) is 5.73 Å². The molecule has 0 aliphatic carbocycles. The van der Waals surface area contributed by atoms with Crippen LogP contribution in [0.1, 0.15) is 27.7 Å². The van der Waals surface area contributed by atoms with Crippen molar-refractivity contribution in [1.29, 1.82) is 0 Å². The van der Waals surface area contributed by atoms with E-state index in [0.29, 0.717) is 0 Å². The smallest absolute Gasteiger partial charge is 0.431 e. The first-order chi connectivity index (χ1) is 6.73. The number of nitrogens with two attached hydrogens (primary N) is 1. The average Bonchev–Trinajstić information content (AvgIpc) is 2.00. The fourth-order valence-corrected chi connectivity index (χ4v) is 0.544. The molecule has 0 saturated heterocycles. The second-order valence-corrected chi connectivity index (χ2v) is 3.83. The monoisotopic (exact) mass is 255 g/mol. The lowest BCUT2D eigenvalue weighted by atomic mass is 10.1. The standard InChI is InChI=1S/C9H17NO5.ClH/c1-6(2)15-8(12)14-5-13-7(11)9(3,4)10;/h6H,5,10H2,1-4H3;1H. The minimum absolute atomic E-state index is 0. The van der Waals surface area contributed by atoms with Gasteiger partial charge in [0.25, 0.3) is 0 Å². The Morgan fingerprint density at radius 1 is 1.25 bits per heavy atom. The van der Waals surface area contributed by atoms with Gasteiger partial charge < -0.3 is 19.9 Å². The molecule has 0 saturated carbocycles. The highest BCUT2D eigenvalue weighted by atomic mass is 35.5. The lowest BCUT2D eigenvalue weighted by Crippen LogP contribution is -2.43. The SMILES string of the molecule is CC(C)OC(=O)OCOC(=O)C(C)(C)N.Cl. The van der Waals surface area contributed by atoms with Gasteiger partial charge in [0.2, 0.25) is 6.79 Å². The summed E-state index contributed by atoms with van der Waals surface area (Å²) in [5.41, 5.74) is 4.32. The maximum atomic E-state index is 11.1. The van der Waals surface area contributed by atoms with Crippen LogP contribution < -0.4 is 5.73 Å². The van der Waals surface area contributed by atoms with Gasteiger partial charge in [0.1, 0.15) is 5.54 Å². The van der Waals surface area contributed by atoms with E-state index >= 15 is 0 Å². The molecule has 96 valence electrons. The number of carbonyl (C=O) groups excluding carboxylic acids is 2. The van der Waals surface area contributed by atoms with Crippen LogP contribution in [-0.4, -0.2) is 30.6 Å². The molecule has 0 spiro atoms. The van der Waals surface area contributed by atoms with Gasteiger partial charge in [0, 0.05) is 0 Å². The molecular weight excluding hydrogens is 238 g/mol. The predicted octanol–water partition coefficient (Wildman–Crippen LogP) is 1.21. The fourth-order valence-electron chi connectivity index (χ4n) is 0.544. The number of carbonyl (C=O) groups is 2. The first-order valence-corrected chi connectivity index (χ1v) is 4.53. The van der Waals surface area contributed by atoms with E-state index in [-0.39, 0.29) is 18.5 Å². The summed E-state index contributed by atoms with van der Waals surface area (Å²) in [5.74, 6) is -0.653. The van der Waals surface area contributed by atoms with E-state index in [4.69, 9.17) is 5.73 Å². The van der Waals surface area contributed by atoms with E-state index in [1.807, 2.05) is 0 Å². The van der Waals surface area contributed by atoms with Crippen molar-refractivity contribution in [2.45, 2.75) is 39.3 Å². The third kappa shape index (κ3) is 8.31. The van der Waals surface area contributed by atoms with Gasteiger partial charge in [0.15, 0.2) is 0 Å². The highest BCUT2D eigenvalue weighted by Gasteiger charge is 2.24. The summed E-state index contributed by atoms with van der Waals surface area (Å²) < 4.78 is 13.7. The van der Waals surface area contributed by atoms with Crippen LogP contribution in [0.3, 0.4) is 0 Å². The van der Waals surface area contributed by atoms with Gasteiger partial charge in [-0.2, -0.15) is 0 Å². The van der Waals surface area contributed by atoms with Crippen LogP contribution >= 0.6 is 12.4 Å². The molecule has 7 heteroatoms. The predicted molar refractivity (Wildman–Crippen MR) is 59.2 cm³/mol. The fraction of sp³-hybridized carbons (Fsp3) is 0.778. The van der Waals surface area contributed by atoms with Crippen LogP contribution in [-0.2, 0) is 19.0 Å². The summed E-state index contributed by atoms with van der Waals surface area (Å²) in [4.78, 5) is 21.9. The van der Waals surface area contributed by atoms with Crippen LogP contribution in [0.15, 0.2) is 0 Å². The highest BCUT2D eigenvalue weighted by Crippen LogP contribution is 2.00. The molecule has 6 nitrogen and oxygen atoms in total. The molecule has 0 aromatic heterocycles. The van der Waals surface area contributed by atoms with E-state index in [2.05, 4.69) is 14.2 Å². The maximum Gasteiger partial charge on any atom is 0.511 e. The van der Waals surface area contributed by atoms with Crippen molar-refractivity contribution in [3.63, 3.8) is 0 Å². The minimum Gasteiger partial charge on any atom is -0.431 e. The Morgan fingerprint density at radius 2 is 1.75 bits per heavy atom. The summed E-state index contributed by atoms with van der Waals surface area (Å²) >= 11 is 0. The van der Waals surface area contributed by atoms with E-state index in [0.717, 1.165) is 0 Å². The molecule has 2 N–H and O–H groups in total. The first kappa shape index (κ1) is 17.4. The number of ether oxygens (including phenoxy) is 3. The van der Waals surface area contributed by atoms with Gasteiger partial charge >= 0.3 is 12.1 Å². The molecule has 0 aliphatic rings. The first-order valence-electron chi connectivity index (χ1n) is 4.53. The summed E-state index contributed by atoms with van der Waals surface area (Å²) in [6.07, 6.45) is -1.16. The second-order valence-electron chi connectivity index (χ2n) is 3.83. The largest absolute Gasteiger partial charge is 0.511 e. The molecule has 0 aromatic carbocycles. The number of hydrogen-bond donors (Lipinski definition) is 1. The average molecular weight is 256 g/mol. The Bertz CT molecular complexity index is 237. The molecule has 0 amide bonds. The second kappa shape index (κ2) is 7.29. The van der Waals surface area contributed by atoms with E-state index in [1.54, 1.807) is 13.8 Å². The molecule has 16 heavy (non-hydrogen) atoms. The van der Waals surface area contributed by atoms with Gasteiger partial charge in [-0.25, -0.2) is 9.59 Å². The summed E-state index contributed by atoms with van der Waals surface area (Å²) in [6.45, 7) is 5.83. The molecule has 0 unspecified atom stereocenters. The topological polar surface area (TPSA) is 87.9 Å². The lowest BCUT2D eigenvalue weighted by Gasteiger charge is -2.16. The van der Waals surface area contributed by atoms with Crippen LogP contribution in [0.4, 0.5) is 4.79 Å². The molecule has 0 rings (SSSR count). The molecule has 0 aromatic rings. The number of hydrogen-bond acceptors (Lipinski definition) is 6. The molecule has 0 fully saturated rings. The molecule has 0 bridgehead atoms. The van der Waals surface area contributed by atoms with Gasteiger partial charge in [0.05, 0.1) is 6.10 Å². The van der Waals surface area contributed by atoms with Gasteiger partial charge in [-0.15, -0.1) is 12.4 Å². The van der Waals surface area contributed by atoms with Crippen LogP contribution in [0, 0.1) is 0 Å². The number of rotatable bonds is 4. The summed E-state index contributed by atoms with van der Waals surface area (Å²) in [7, 11) is 0. The van der Waals surface area contributed by atoms with Crippen molar-refractivity contribution in [3.8, 4) is 0 Å². The van der Waals surface area contributed by atoms with Gasteiger partial charge in [-0.3, -0.25) is 0 Å². The van der Waals surface area contributed by atoms with Crippen molar-refractivity contribution < 1.29 is 23.8 Å². The normalized spacial score (nSPS) is 10.4. The Morgan fingerprint density at radius 3 is 2.12 bits per heavy atom. The zero-order chi connectivity index (χ0) is 12.1. The van der Waals surface area contributed by atoms with E-state index in [1.165, 1.54) is 13.8 Å². The zero-order valence-electron chi connectivity index (χ0n) is 9.81.